The Morgan fingerprint density at radius 1 is 1.50 bits per heavy atom. The van der Waals surface area contributed by atoms with Crippen LogP contribution in [0.1, 0.15) is 27.2 Å². The minimum Gasteiger partial charge on any atom is -0.452 e. The van der Waals surface area contributed by atoms with Gasteiger partial charge in [0.25, 0.3) is 0 Å². The highest BCUT2D eigenvalue weighted by molar-refractivity contribution is 5.82. The SMILES string of the molecule is CC1=NC2C(C)C[N-][NH+]2C(C)C1. The van der Waals surface area contributed by atoms with E-state index in [2.05, 4.69) is 31.2 Å². The molecule has 0 saturated carbocycles. The Bertz CT molecular complexity index is 212. The van der Waals surface area contributed by atoms with Gasteiger partial charge in [0.05, 0.1) is 6.04 Å². The topological polar surface area (TPSA) is 30.9 Å². The monoisotopic (exact) mass is 167 g/mol. The Kier molecular flexibility index (Phi) is 1.93. The van der Waals surface area contributed by atoms with Gasteiger partial charge in [-0.25, -0.2) is 4.99 Å². The molecule has 0 spiro atoms. The van der Waals surface area contributed by atoms with Crippen LogP contribution in [0.2, 0.25) is 0 Å². The minimum atomic E-state index is 0.425. The number of nitrogens with one attached hydrogen (secondary N) is 1. The molecule has 0 bridgehead atoms. The highest BCUT2D eigenvalue weighted by atomic mass is 15.6. The summed E-state index contributed by atoms with van der Waals surface area (Å²) in [5, 5.41) is 1.35. The summed E-state index contributed by atoms with van der Waals surface area (Å²) in [5.74, 6) is 0.637. The third kappa shape index (κ3) is 1.17. The van der Waals surface area contributed by atoms with Crippen LogP contribution in [0.5, 0.6) is 0 Å². The van der Waals surface area contributed by atoms with Gasteiger partial charge in [0.1, 0.15) is 0 Å². The van der Waals surface area contributed by atoms with Gasteiger partial charge in [0.2, 0.25) is 0 Å². The minimum absolute atomic E-state index is 0.425. The maximum atomic E-state index is 4.66. The lowest BCUT2D eigenvalue weighted by atomic mass is 10.1. The van der Waals surface area contributed by atoms with Gasteiger partial charge >= 0.3 is 0 Å². The molecule has 4 unspecified atom stereocenters. The van der Waals surface area contributed by atoms with Crippen molar-refractivity contribution in [3.8, 4) is 0 Å². The van der Waals surface area contributed by atoms with E-state index in [1.807, 2.05) is 0 Å². The number of fused-ring (bicyclic) bond motifs is 1. The fourth-order valence-corrected chi connectivity index (χ4v) is 2.21. The van der Waals surface area contributed by atoms with Crippen molar-refractivity contribution in [3.63, 3.8) is 0 Å². The summed E-state index contributed by atoms with van der Waals surface area (Å²) in [6.07, 6.45) is 1.54. The molecule has 0 aromatic carbocycles. The van der Waals surface area contributed by atoms with Crippen LogP contribution < -0.4 is 5.01 Å². The Hall–Kier alpha value is -0.410. The molecule has 3 nitrogen and oxygen atoms in total. The summed E-state index contributed by atoms with van der Waals surface area (Å²) >= 11 is 0. The summed E-state index contributed by atoms with van der Waals surface area (Å²) in [4.78, 5) is 4.66. The highest BCUT2D eigenvalue weighted by Gasteiger charge is 2.34. The maximum Gasteiger partial charge on any atom is 0.173 e. The highest BCUT2D eigenvalue weighted by Crippen LogP contribution is 2.16. The molecular formula is C9H17N3. The first-order valence-corrected chi connectivity index (χ1v) is 4.76. The second kappa shape index (κ2) is 2.82. The first-order valence-electron chi connectivity index (χ1n) is 4.76. The molecule has 0 aromatic heterocycles. The van der Waals surface area contributed by atoms with Crippen LogP contribution in [-0.4, -0.2) is 24.5 Å². The van der Waals surface area contributed by atoms with Crippen LogP contribution in [-0.2, 0) is 0 Å². The van der Waals surface area contributed by atoms with Crippen LogP contribution in [0, 0.1) is 5.92 Å². The van der Waals surface area contributed by atoms with E-state index >= 15 is 0 Å². The number of hydrogen-bond donors (Lipinski definition) is 1. The Morgan fingerprint density at radius 3 is 3.00 bits per heavy atom. The molecule has 2 aliphatic heterocycles. The molecule has 1 N–H and O–H groups in total. The van der Waals surface area contributed by atoms with E-state index in [1.54, 1.807) is 0 Å². The predicted octanol–water partition coefficient (Wildman–Crippen LogP) is 0.389. The summed E-state index contributed by atoms with van der Waals surface area (Å²) < 4.78 is 0. The van der Waals surface area contributed by atoms with Crippen molar-refractivity contribution >= 4 is 5.71 Å². The van der Waals surface area contributed by atoms with Crippen molar-refractivity contribution in [1.82, 2.24) is 0 Å². The number of nitrogens with zero attached hydrogens (tertiary/aromatic N) is 2. The second-order valence-electron chi connectivity index (χ2n) is 4.16. The van der Waals surface area contributed by atoms with Gasteiger partial charge in [0, 0.05) is 18.1 Å². The fourth-order valence-electron chi connectivity index (χ4n) is 2.21. The number of aliphatic imine (C=N–C) groups is 1. The number of quaternary nitrogens is 1. The molecular weight excluding hydrogens is 150 g/mol. The van der Waals surface area contributed by atoms with Crippen LogP contribution in [0.25, 0.3) is 5.43 Å². The van der Waals surface area contributed by atoms with Gasteiger partial charge in [-0.2, -0.15) is 0 Å². The van der Waals surface area contributed by atoms with Crippen molar-refractivity contribution in [2.45, 2.75) is 39.4 Å². The predicted molar refractivity (Wildman–Crippen MR) is 49.3 cm³/mol. The molecule has 1 saturated heterocycles. The molecule has 2 aliphatic rings. The zero-order valence-corrected chi connectivity index (χ0v) is 8.04. The lowest BCUT2D eigenvalue weighted by molar-refractivity contribution is -0.905. The van der Waals surface area contributed by atoms with Gasteiger partial charge in [-0.3, -0.25) is 0 Å². The molecule has 0 radical (unpaired) electrons. The molecule has 12 heavy (non-hydrogen) atoms. The van der Waals surface area contributed by atoms with Crippen molar-refractivity contribution in [2.75, 3.05) is 6.54 Å². The lowest BCUT2D eigenvalue weighted by Crippen LogP contribution is -3.14. The van der Waals surface area contributed by atoms with Crippen LogP contribution in [0.3, 0.4) is 0 Å². The normalized spacial score (nSPS) is 47.1. The van der Waals surface area contributed by atoms with Crippen molar-refractivity contribution < 1.29 is 5.01 Å². The molecule has 1 fully saturated rings. The zero-order valence-electron chi connectivity index (χ0n) is 8.04. The summed E-state index contributed by atoms with van der Waals surface area (Å²) in [5.41, 5.74) is 5.87. The first kappa shape index (κ1) is 8.20. The third-order valence-corrected chi connectivity index (χ3v) is 2.87. The summed E-state index contributed by atoms with van der Waals surface area (Å²) in [6, 6.07) is 0.637. The Balaban J connectivity index is 2.22. The number of rotatable bonds is 0. The maximum absolute atomic E-state index is 4.66. The van der Waals surface area contributed by atoms with E-state index in [9.17, 15) is 0 Å². The van der Waals surface area contributed by atoms with Crippen LogP contribution in [0.15, 0.2) is 4.99 Å². The lowest BCUT2D eigenvalue weighted by Gasteiger charge is -2.37. The smallest absolute Gasteiger partial charge is 0.173 e. The fraction of sp³-hybridized carbons (Fsp3) is 0.889. The zero-order chi connectivity index (χ0) is 8.72. The molecule has 3 heteroatoms. The average molecular weight is 167 g/mol. The van der Waals surface area contributed by atoms with Crippen molar-refractivity contribution in [1.29, 1.82) is 0 Å². The quantitative estimate of drug-likeness (QED) is 0.541. The summed E-state index contributed by atoms with van der Waals surface area (Å²) in [6.45, 7) is 7.64. The van der Waals surface area contributed by atoms with E-state index in [0.717, 1.165) is 13.0 Å². The molecule has 0 amide bonds. The van der Waals surface area contributed by atoms with Gasteiger partial charge < -0.3 is 10.4 Å². The third-order valence-electron chi connectivity index (χ3n) is 2.87. The number of hydrogen-bond acceptors (Lipinski definition) is 1. The van der Waals surface area contributed by atoms with E-state index in [4.69, 9.17) is 0 Å². The van der Waals surface area contributed by atoms with E-state index in [-0.39, 0.29) is 0 Å². The van der Waals surface area contributed by atoms with Crippen molar-refractivity contribution in [2.24, 2.45) is 10.9 Å². The largest absolute Gasteiger partial charge is 0.452 e. The summed E-state index contributed by atoms with van der Waals surface area (Å²) in [7, 11) is 0. The van der Waals surface area contributed by atoms with Crippen LogP contribution in [0.4, 0.5) is 0 Å². The van der Waals surface area contributed by atoms with E-state index in [1.165, 1.54) is 10.7 Å². The molecule has 2 heterocycles. The Morgan fingerprint density at radius 2 is 2.25 bits per heavy atom. The second-order valence-corrected chi connectivity index (χ2v) is 4.16. The van der Waals surface area contributed by atoms with Crippen LogP contribution >= 0.6 is 0 Å². The standard InChI is InChI=1S/C9H17N3/c1-6-5-10-12-8(3)4-7(2)11-9(6)12/h6,8-9,12H,4-5H2,1-3H3. The average Bonchev–Trinajstić information content (AvgIpc) is 2.33. The molecule has 4 atom stereocenters. The van der Waals surface area contributed by atoms with E-state index < -0.39 is 0 Å². The van der Waals surface area contributed by atoms with Crippen molar-refractivity contribution in [3.05, 3.63) is 5.43 Å². The van der Waals surface area contributed by atoms with E-state index in [0.29, 0.717) is 18.1 Å². The van der Waals surface area contributed by atoms with Gasteiger partial charge in [0.15, 0.2) is 6.17 Å². The molecule has 68 valence electrons. The van der Waals surface area contributed by atoms with Gasteiger partial charge in [-0.05, 0) is 13.8 Å². The molecule has 0 aliphatic carbocycles. The Labute approximate surface area is 73.8 Å². The van der Waals surface area contributed by atoms with Gasteiger partial charge in [-0.15, -0.1) is 0 Å². The van der Waals surface area contributed by atoms with Gasteiger partial charge in [-0.1, -0.05) is 13.5 Å². The first-order chi connectivity index (χ1) is 5.68. The molecule has 0 aromatic rings. The molecule has 2 rings (SSSR count).